The average molecular weight is 502 g/mol. The van der Waals surface area contributed by atoms with E-state index in [1.165, 1.54) is 0 Å². The largest absolute Gasteiger partial charge is 0.480 e. The normalized spacial score (nSPS) is 15.9. The smallest absolute Gasteiger partial charge is 0.408 e. The predicted molar refractivity (Wildman–Crippen MR) is 134 cm³/mol. The summed E-state index contributed by atoms with van der Waals surface area (Å²) in [7, 11) is 0. The molecule has 0 aromatic rings. The van der Waals surface area contributed by atoms with Crippen molar-refractivity contribution in [2.24, 2.45) is 11.3 Å². The molecule has 1 fully saturated rings. The molecule has 3 N–H and O–H groups in total. The summed E-state index contributed by atoms with van der Waals surface area (Å²) in [6.07, 6.45) is 0.831. The fraction of sp³-hybridized carbons (Fsp3) is 0.840. The van der Waals surface area contributed by atoms with Crippen LogP contribution in [0.2, 0.25) is 0 Å². The Hall–Kier alpha value is -2.52. The Morgan fingerprint density at radius 1 is 0.771 bits per heavy atom. The highest BCUT2D eigenvalue weighted by Crippen LogP contribution is 2.23. The second kappa shape index (κ2) is 13.0. The number of alkyl carbamates (subject to hydrolysis) is 2. The van der Waals surface area contributed by atoms with Crippen LogP contribution in [0.15, 0.2) is 0 Å². The van der Waals surface area contributed by atoms with E-state index in [1.807, 2.05) is 25.7 Å². The van der Waals surface area contributed by atoms with Gasteiger partial charge in [0.25, 0.3) is 0 Å². The molecule has 1 heterocycles. The first kappa shape index (κ1) is 32.5. The minimum atomic E-state index is -1.06. The lowest BCUT2D eigenvalue weighted by Crippen LogP contribution is -2.55. The molecule has 0 spiro atoms. The molecule has 35 heavy (non-hydrogen) atoms. The van der Waals surface area contributed by atoms with Gasteiger partial charge in [-0.3, -0.25) is 4.79 Å². The molecule has 204 valence electrons. The molecule has 1 rings (SSSR count). The molecular weight excluding hydrogens is 454 g/mol. The highest BCUT2D eigenvalue weighted by Gasteiger charge is 2.37. The second-order valence-electron chi connectivity index (χ2n) is 12.2. The summed E-state index contributed by atoms with van der Waals surface area (Å²) in [5, 5.41) is 13.9. The Morgan fingerprint density at radius 2 is 1.17 bits per heavy atom. The van der Waals surface area contributed by atoms with E-state index in [4.69, 9.17) is 14.6 Å². The summed E-state index contributed by atoms with van der Waals surface area (Å²) in [6, 6.07) is -1.48. The molecule has 1 saturated heterocycles. The highest BCUT2D eigenvalue weighted by molar-refractivity contribution is 5.86. The number of ether oxygens (including phenoxy) is 2. The predicted octanol–water partition coefficient (Wildman–Crippen LogP) is 4.17. The SMILES string of the molecule is CC(C)(C)OC(=O)N[C@H](C(=O)N1CCCC1)C(C)(C)C.CC(C)[C@H](NC(=O)OC(C)(C)C)C(=O)O. The van der Waals surface area contributed by atoms with Crippen molar-refractivity contribution in [2.75, 3.05) is 13.1 Å². The van der Waals surface area contributed by atoms with Crippen LogP contribution < -0.4 is 10.6 Å². The Labute approximate surface area is 210 Å². The maximum absolute atomic E-state index is 12.5. The summed E-state index contributed by atoms with van der Waals surface area (Å²) < 4.78 is 10.2. The van der Waals surface area contributed by atoms with Crippen LogP contribution in [-0.2, 0) is 19.1 Å². The Balaban J connectivity index is 0.000000691. The van der Waals surface area contributed by atoms with Gasteiger partial charge in [-0.15, -0.1) is 0 Å². The third kappa shape index (κ3) is 13.8. The maximum Gasteiger partial charge on any atom is 0.408 e. The Morgan fingerprint density at radius 3 is 1.49 bits per heavy atom. The lowest BCUT2D eigenvalue weighted by molar-refractivity contribution is -0.140. The molecule has 0 bridgehead atoms. The molecule has 0 saturated carbocycles. The van der Waals surface area contributed by atoms with Crippen LogP contribution in [0.5, 0.6) is 0 Å². The summed E-state index contributed by atoms with van der Waals surface area (Å²) in [5.41, 5.74) is -1.54. The first-order chi connectivity index (χ1) is 15.6. The van der Waals surface area contributed by atoms with Gasteiger partial charge in [-0.1, -0.05) is 34.6 Å². The summed E-state index contributed by atoms with van der Waals surface area (Å²) in [5.74, 6) is -1.26. The van der Waals surface area contributed by atoms with Gasteiger partial charge in [-0.2, -0.15) is 0 Å². The first-order valence-corrected chi connectivity index (χ1v) is 12.1. The lowest BCUT2D eigenvalue weighted by Gasteiger charge is -2.34. The zero-order valence-corrected chi connectivity index (χ0v) is 23.4. The molecule has 2 atom stereocenters. The van der Waals surface area contributed by atoms with E-state index in [0.29, 0.717) is 0 Å². The first-order valence-electron chi connectivity index (χ1n) is 12.1. The van der Waals surface area contributed by atoms with Gasteiger partial charge in [0.15, 0.2) is 0 Å². The van der Waals surface area contributed by atoms with Gasteiger partial charge < -0.3 is 30.1 Å². The van der Waals surface area contributed by atoms with Gasteiger partial charge in [-0.05, 0) is 65.7 Å². The van der Waals surface area contributed by atoms with Crippen molar-refractivity contribution in [1.29, 1.82) is 0 Å². The fourth-order valence-corrected chi connectivity index (χ4v) is 3.14. The van der Waals surface area contributed by atoms with E-state index >= 15 is 0 Å². The number of nitrogens with one attached hydrogen (secondary N) is 2. The van der Waals surface area contributed by atoms with E-state index in [-0.39, 0.29) is 17.2 Å². The van der Waals surface area contributed by atoms with Crippen molar-refractivity contribution in [3.8, 4) is 0 Å². The minimum Gasteiger partial charge on any atom is -0.480 e. The number of hydrogen-bond acceptors (Lipinski definition) is 6. The van der Waals surface area contributed by atoms with Crippen LogP contribution >= 0.6 is 0 Å². The van der Waals surface area contributed by atoms with E-state index in [2.05, 4.69) is 10.6 Å². The number of carboxylic acids is 1. The molecule has 10 heteroatoms. The summed E-state index contributed by atoms with van der Waals surface area (Å²) in [4.78, 5) is 48.4. The summed E-state index contributed by atoms with van der Waals surface area (Å²) in [6.45, 7) is 21.4. The van der Waals surface area contributed by atoms with E-state index in [0.717, 1.165) is 25.9 Å². The van der Waals surface area contributed by atoms with Crippen molar-refractivity contribution in [3.05, 3.63) is 0 Å². The van der Waals surface area contributed by atoms with Crippen molar-refractivity contribution in [1.82, 2.24) is 15.5 Å². The quantitative estimate of drug-likeness (QED) is 0.515. The van der Waals surface area contributed by atoms with Crippen molar-refractivity contribution >= 4 is 24.1 Å². The standard InChI is InChI=1S/C15H28N2O3.C10H19NO4/c1-14(2,3)11(12(18)17-9-7-8-10-17)16-13(19)20-15(4,5)6;1-6(2)7(8(12)13)11-9(14)15-10(3,4)5/h11H,7-10H2,1-6H3,(H,16,19);6-7H,1-5H3,(H,11,14)(H,12,13)/t11-;7-/m10/s1. The number of carbonyl (C=O) groups excluding carboxylic acids is 3. The van der Waals surface area contributed by atoms with E-state index < -0.39 is 41.4 Å². The summed E-state index contributed by atoms with van der Waals surface area (Å²) >= 11 is 0. The van der Waals surface area contributed by atoms with Gasteiger partial charge in [0.05, 0.1) is 0 Å². The number of carbonyl (C=O) groups is 4. The van der Waals surface area contributed by atoms with Gasteiger partial charge in [0, 0.05) is 13.1 Å². The monoisotopic (exact) mass is 501 g/mol. The zero-order valence-electron chi connectivity index (χ0n) is 23.4. The molecule has 0 aromatic carbocycles. The molecular formula is C25H47N3O7. The number of likely N-dealkylation sites (tertiary alicyclic amines) is 1. The molecule has 10 nitrogen and oxygen atoms in total. The van der Waals surface area contributed by atoms with Crippen molar-refractivity contribution < 1.29 is 33.8 Å². The van der Waals surface area contributed by atoms with Gasteiger partial charge in [-0.25, -0.2) is 14.4 Å². The van der Waals surface area contributed by atoms with Gasteiger partial charge >= 0.3 is 18.2 Å². The molecule has 0 unspecified atom stereocenters. The molecule has 3 amide bonds. The van der Waals surface area contributed by atoms with Crippen molar-refractivity contribution in [3.63, 3.8) is 0 Å². The number of nitrogens with zero attached hydrogens (tertiary/aromatic N) is 1. The minimum absolute atomic E-state index is 0.0131. The maximum atomic E-state index is 12.5. The molecule has 0 radical (unpaired) electrons. The van der Waals surface area contributed by atoms with Gasteiger partial charge in [0.2, 0.25) is 5.91 Å². The van der Waals surface area contributed by atoms with E-state index in [9.17, 15) is 19.2 Å². The van der Waals surface area contributed by atoms with Crippen LogP contribution in [0.25, 0.3) is 0 Å². The fourth-order valence-electron chi connectivity index (χ4n) is 3.14. The Kier molecular flexibility index (Phi) is 12.0. The molecule has 1 aliphatic heterocycles. The van der Waals surface area contributed by atoms with Crippen molar-refractivity contribution in [2.45, 2.75) is 112 Å². The molecule has 0 aliphatic carbocycles. The number of hydrogen-bond donors (Lipinski definition) is 3. The third-order valence-electron chi connectivity index (χ3n) is 4.80. The van der Waals surface area contributed by atoms with Crippen LogP contribution in [0.3, 0.4) is 0 Å². The topological polar surface area (TPSA) is 134 Å². The molecule has 0 aromatic heterocycles. The van der Waals surface area contributed by atoms with Crippen LogP contribution in [0, 0.1) is 11.3 Å². The number of carboxylic acid groups (broad SMARTS) is 1. The molecule has 1 aliphatic rings. The second-order valence-corrected chi connectivity index (χ2v) is 12.2. The number of amides is 3. The van der Waals surface area contributed by atoms with Crippen LogP contribution in [0.4, 0.5) is 9.59 Å². The zero-order chi connectivity index (χ0) is 27.8. The Bertz CT molecular complexity index is 725. The van der Waals surface area contributed by atoms with Crippen LogP contribution in [0.1, 0.15) is 89.0 Å². The number of rotatable bonds is 5. The third-order valence-corrected chi connectivity index (χ3v) is 4.80. The van der Waals surface area contributed by atoms with Gasteiger partial charge in [0.1, 0.15) is 23.3 Å². The highest BCUT2D eigenvalue weighted by atomic mass is 16.6. The van der Waals surface area contributed by atoms with E-state index in [1.54, 1.807) is 55.4 Å². The average Bonchev–Trinajstić information content (AvgIpc) is 3.14. The number of aliphatic carboxylic acids is 1. The lowest BCUT2D eigenvalue weighted by atomic mass is 9.86. The van der Waals surface area contributed by atoms with Crippen LogP contribution in [-0.4, -0.2) is 70.4 Å².